The largest absolute Gasteiger partial charge is 0.490 e. The molecule has 2 saturated heterocycles. The van der Waals surface area contributed by atoms with E-state index >= 15 is 0 Å². The van der Waals surface area contributed by atoms with Crippen molar-refractivity contribution >= 4 is 0 Å². The van der Waals surface area contributed by atoms with Crippen LogP contribution in [0, 0.1) is 13.8 Å². The zero-order valence-electron chi connectivity index (χ0n) is 12.5. The Morgan fingerprint density at radius 3 is 2.75 bits per heavy atom. The Hall–Kier alpha value is -1.06. The monoisotopic (exact) mass is 276 g/mol. The van der Waals surface area contributed by atoms with Crippen LogP contribution in [0.5, 0.6) is 5.75 Å². The Labute approximate surface area is 121 Å². The first-order valence-electron chi connectivity index (χ1n) is 7.63. The number of ether oxygens (including phenoxy) is 3. The molecule has 0 aromatic heterocycles. The molecule has 0 bridgehead atoms. The van der Waals surface area contributed by atoms with Gasteiger partial charge in [0.25, 0.3) is 0 Å². The molecular weight excluding hydrogens is 252 g/mol. The summed E-state index contributed by atoms with van der Waals surface area (Å²) >= 11 is 0. The lowest BCUT2D eigenvalue weighted by Gasteiger charge is -2.43. The molecule has 0 amide bonds. The van der Waals surface area contributed by atoms with Crippen LogP contribution in [-0.2, 0) is 9.47 Å². The number of hydrogen-bond acceptors (Lipinski definition) is 3. The van der Waals surface area contributed by atoms with E-state index in [0.717, 1.165) is 51.3 Å². The van der Waals surface area contributed by atoms with Gasteiger partial charge in [0.1, 0.15) is 11.9 Å². The molecule has 1 unspecified atom stereocenters. The minimum absolute atomic E-state index is 0.00109. The van der Waals surface area contributed by atoms with Gasteiger partial charge in [0.2, 0.25) is 0 Å². The molecule has 20 heavy (non-hydrogen) atoms. The van der Waals surface area contributed by atoms with Crippen molar-refractivity contribution in [2.45, 2.75) is 51.2 Å². The summed E-state index contributed by atoms with van der Waals surface area (Å²) in [4.78, 5) is 0. The summed E-state index contributed by atoms with van der Waals surface area (Å²) in [7, 11) is 0. The Morgan fingerprint density at radius 1 is 1.15 bits per heavy atom. The lowest BCUT2D eigenvalue weighted by Crippen LogP contribution is -2.47. The Kier molecular flexibility index (Phi) is 3.99. The number of benzene rings is 1. The van der Waals surface area contributed by atoms with Gasteiger partial charge in [-0.2, -0.15) is 0 Å². The van der Waals surface area contributed by atoms with E-state index in [1.165, 1.54) is 11.1 Å². The molecule has 0 radical (unpaired) electrons. The molecule has 3 nitrogen and oxygen atoms in total. The molecule has 1 aromatic rings. The maximum Gasteiger partial charge on any atom is 0.122 e. The van der Waals surface area contributed by atoms with Crippen LogP contribution in [0.15, 0.2) is 18.2 Å². The van der Waals surface area contributed by atoms with Crippen molar-refractivity contribution in [3.05, 3.63) is 29.3 Å². The molecule has 0 aliphatic carbocycles. The van der Waals surface area contributed by atoms with E-state index in [4.69, 9.17) is 14.2 Å². The smallest absolute Gasteiger partial charge is 0.122 e. The number of aryl methyl sites for hydroxylation is 1. The summed E-state index contributed by atoms with van der Waals surface area (Å²) in [5, 5.41) is 0. The maximum atomic E-state index is 6.27. The molecule has 2 aliphatic rings. The standard InChI is InChI=1S/C17H24O3/c1-13-4-3-5-16(14(13)2)20-15-6-9-19-17(12-15)7-10-18-11-8-17/h3-5,15H,6-12H2,1-2H3. The minimum atomic E-state index is -0.00109. The van der Waals surface area contributed by atoms with Crippen molar-refractivity contribution in [2.75, 3.05) is 19.8 Å². The van der Waals surface area contributed by atoms with E-state index in [9.17, 15) is 0 Å². The Bertz CT molecular complexity index is 458. The SMILES string of the molecule is Cc1cccc(OC2CCOC3(CCOCC3)C2)c1C. The molecule has 0 saturated carbocycles. The first-order valence-corrected chi connectivity index (χ1v) is 7.63. The van der Waals surface area contributed by atoms with Gasteiger partial charge >= 0.3 is 0 Å². The van der Waals surface area contributed by atoms with Gasteiger partial charge < -0.3 is 14.2 Å². The second kappa shape index (κ2) is 5.74. The lowest BCUT2D eigenvalue weighted by atomic mass is 9.85. The van der Waals surface area contributed by atoms with Gasteiger partial charge in [-0.25, -0.2) is 0 Å². The summed E-state index contributed by atoms with van der Waals surface area (Å²) < 4.78 is 17.8. The highest BCUT2D eigenvalue weighted by Crippen LogP contribution is 2.36. The normalized spacial score (nSPS) is 25.6. The van der Waals surface area contributed by atoms with Gasteiger partial charge in [0.15, 0.2) is 0 Å². The van der Waals surface area contributed by atoms with E-state index in [-0.39, 0.29) is 11.7 Å². The molecule has 1 atom stereocenters. The van der Waals surface area contributed by atoms with Crippen LogP contribution in [0.1, 0.15) is 36.8 Å². The van der Waals surface area contributed by atoms with Crippen molar-refractivity contribution in [1.82, 2.24) is 0 Å². The van der Waals surface area contributed by atoms with Crippen LogP contribution in [-0.4, -0.2) is 31.5 Å². The van der Waals surface area contributed by atoms with E-state index < -0.39 is 0 Å². The topological polar surface area (TPSA) is 27.7 Å². The fraction of sp³-hybridized carbons (Fsp3) is 0.647. The minimum Gasteiger partial charge on any atom is -0.490 e. The molecule has 110 valence electrons. The molecule has 2 heterocycles. The molecule has 2 aliphatic heterocycles. The summed E-state index contributed by atoms with van der Waals surface area (Å²) in [6.45, 7) is 6.70. The van der Waals surface area contributed by atoms with Gasteiger partial charge in [0.05, 0.1) is 12.2 Å². The van der Waals surface area contributed by atoms with E-state index in [0.29, 0.717) is 0 Å². The first-order chi connectivity index (χ1) is 9.69. The molecule has 3 heteroatoms. The summed E-state index contributed by atoms with van der Waals surface area (Å²) in [6, 6.07) is 6.28. The molecule has 3 rings (SSSR count). The first kappa shape index (κ1) is 13.9. The highest BCUT2D eigenvalue weighted by molar-refractivity contribution is 5.38. The highest BCUT2D eigenvalue weighted by Gasteiger charge is 2.39. The Morgan fingerprint density at radius 2 is 1.95 bits per heavy atom. The summed E-state index contributed by atoms with van der Waals surface area (Å²) in [6.07, 6.45) is 4.24. The highest BCUT2D eigenvalue weighted by atomic mass is 16.5. The average molecular weight is 276 g/mol. The van der Waals surface area contributed by atoms with Crippen LogP contribution in [0.3, 0.4) is 0 Å². The molecule has 1 spiro atoms. The van der Waals surface area contributed by atoms with Crippen molar-refractivity contribution in [1.29, 1.82) is 0 Å². The molecular formula is C17H24O3. The quantitative estimate of drug-likeness (QED) is 0.828. The van der Waals surface area contributed by atoms with Gasteiger partial charge in [-0.1, -0.05) is 12.1 Å². The average Bonchev–Trinajstić information content (AvgIpc) is 2.45. The van der Waals surface area contributed by atoms with Crippen LogP contribution < -0.4 is 4.74 Å². The number of rotatable bonds is 2. The van der Waals surface area contributed by atoms with E-state index in [2.05, 4.69) is 32.0 Å². The van der Waals surface area contributed by atoms with Gasteiger partial charge in [-0.3, -0.25) is 0 Å². The van der Waals surface area contributed by atoms with Crippen LogP contribution in [0.2, 0.25) is 0 Å². The fourth-order valence-electron chi connectivity index (χ4n) is 3.21. The zero-order chi connectivity index (χ0) is 14.0. The molecule has 2 fully saturated rings. The van der Waals surface area contributed by atoms with Gasteiger partial charge in [0, 0.05) is 26.1 Å². The molecule has 1 aromatic carbocycles. The third-order valence-electron chi connectivity index (χ3n) is 4.70. The van der Waals surface area contributed by atoms with E-state index in [1.54, 1.807) is 0 Å². The zero-order valence-corrected chi connectivity index (χ0v) is 12.5. The van der Waals surface area contributed by atoms with Gasteiger partial charge in [-0.05, 0) is 43.9 Å². The van der Waals surface area contributed by atoms with Crippen LogP contribution >= 0.6 is 0 Å². The van der Waals surface area contributed by atoms with E-state index in [1.807, 2.05) is 0 Å². The number of hydrogen-bond donors (Lipinski definition) is 0. The summed E-state index contributed by atoms with van der Waals surface area (Å²) in [5.41, 5.74) is 2.54. The predicted octanol–water partition coefficient (Wildman–Crippen LogP) is 3.41. The fourth-order valence-corrected chi connectivity index (χ4v) is 3.21. The van der Waals surface area contributed by atoms with Crippen LogP contribution in [0.25, 0.3) is 0 Å². The summed E-state index contributed by atoms with van der Waals surface area (Å²) in [5.74, 6) is 1.03. The van der Waals surface area contributed by atoms with Crippen molar-refractivity contribution in [3.63, 3.8) is 0 Å². The second-order valence-corrected chi connectivity index (χ2v) is 6.07. The van der Waals surface area contributed by atoms with Crippen LogP contribution in [0.4, 0.5) is 0 Å². The third kappa shape index (κ3) is 2.84. The maximum absolute atomic E-state index is 6.27. The van der Waals surface area contributed by atoms with Gasteiger partial charge in [-0.15, -0.1) is 0 Å². The second-order valence-electron chi connectivity index (χ2n) is 6.07. The van der Waals surface area contributed by atoms with Crippen molar-refractivity contribution in [2.24, 2.45) is 0 Å². The lowest BCUT2D eigenvalue weighted by molar-refractivity contribution is -0.155. The third-order valence-corrected chi connectivity index (χ3v) is 4.70. The Balaban J connectivity index is 1.69. The van der Waals surface area contributed by atoms with Crippen molar-refractivity contribution < 1.29 is 14.2 Å². The molecule has 0 N–H and O–H groups in total. The predicted molar refractivity (Wildman–Crippen MR) is 78.3 cm³/mol. The van der Waals surface area contributed by atoms with Crippen molar-refractivity contribution in [3.8, 4) is 5.75 Å².